The number of hydrogen-bond acceptors (Lipinski definition) is 4. The van der Waals surface area contributed by atoms with Gasteiger partial charge in [0.25, 0.3) is 0 Å². The van der Waals surface area contributed by atoms with Crippen LogP contribution in [0.3, 0.4) is 0 Å². The molecule has 0 aromatic rings. The molecular weight excluding hydrogens is 423 g/mol. The van der Waals surface area contributed by atoms with Crippen molar-refractivity contribution in [3.8, 4) is 0 Å². The maximum atomic E-state index is 12.6. The van der Waals surface area contributed by atoms with Crippen molar-refractivity contribution < 1.29 is 19.1 Å². The van der Waals surface area contributed by atoms with Crippen LogP contribution in [0.25, 0.3) is 0 Å². The molecule has 0 fully saturated rings. The molecular formula is C20H38O4Sn. The Morgan fingerprint density at radius 3 is 1.72 bits per heavy atom. The molecule has 0 unspecified atom stereocenters. The van der Waals surface area contributed by atoms with Crippen LogP contribution >= 0.6 is 0 Å². The predicted molar refractivity (Wildman–Crippen MR) is 106 cm³/mol. The number of ether oxygens (including phenoxy) is 2. The molecule has 0 saturated heterocycles. The van der Waals surface area contributed by atoms with Crippen molar-refractivity contribution in [1.82, 2.24) is 0 Å². The zero-order valence-corrected chi connectivity index (χ0v) is 20.1. The number of hydrogen-bond donors (Lipinski definition) is 0. The van der Waals surface area contributed by atoms with Gasteiger partial charge >= 0.3 is 162 Å². The molecule has 0 amide bonds. The zero-order chi connectivity index (χ0) is 18.9. The second-order valence-corrected chi connectivity index (χ2v) is 15.6. The van der Waals surface area contributed by atoms with E-state index in [0.717, 1.165) is 60.2 Å². The van der Waals surface area contributed by atoms with Crippen LogP contribution < -0.4 is 0 Å². The molecule has 25 heavy (non-hydrogen) atoms. The quantitative estimate of drug-likeness (QED) is 0.150. The van der Waals surface area contributed by atoms with Crippen molar-refractivity contribution in [3.63, 3.8) is 0 Å². The molecule has 0 aliphatic heterocycles. The van der Waals surface area contributed by atoms with Crippen LogP contribution in [0.5, 0.6) is 0 Å². The van der Waals surface area contributed by atoms with Crippen LogP contribution in [0.1, 0.15) is 79.1 Å². The molecule has 0 atom stereocenters. The summed E-state index contributed by atoms with van der Waals surface area (Å²) in [5, 5.41) is 0. The van der Waals surface area contributed by atoms with Gasteiger partial charge in [0.2, 0.25) is 0 Å². The summed E-state index contributed by atoms with van der Waals surface area (Å²) in [6.45, 7) is 9.34. The summed E-state index contributed by atoms with van der Waals surface area (Å²) in [5.41, 5.74) is 0. The summed E-state index contributed by atoms with van der Waals surface area (Å²) >= 11 is -2.31. The first kappa shape index (κ1) is 24.5. The third kappa shape index (κ3) is 12.5. The maximum absolute atomic E-state index is 12.6. The monoisotopic (exact) mass is 462 g/mol. The fourth-order valence-electron chi connectivity index (χ4n) is 2.58. The minimum absolute atomic E-state index is 0.256. The van der Waals surface area contributed by atoms with Crippen molar-refractivity contribution in [3.05, 3.63) is 9.67 Å². The summed E-state index contributed by atoms with van der Waals surface area (Å²) < 4.78 is 13.7. The van der Waals surface area contributed by atoms with Gasteiger partial charge in [-0.25, -0.2) is 0 Å². The van der Waals surface area contributed by atoms with Gasteiger partial charge in [-0.15, -0.1) is 0 Å². The Hall–Kier alpha value is -0.521. The van der Waals surface area contributed by atoms with Crippen molar-refractivity contribution in [2.75, 3.05) is 13.2 Å². The molecule has 146 valence electrons. The Balaban J connectivity index is 5.14. The molecule has 0 aliphatic rings. The van der Waals surface area contributed by atoms with Crippen LogP contribution in [0.15, 0.2) is 9.67 Å². The summed E-state index contributed by atoms with van der Waals surface area (Å²) in [7, 11) is 0. The van der Waals surface area contributed by atoms with Crippen molar-refractivity contribution in [1.29, 1.82) is 0 Å². The number of rotatable bonds is 15. The summed E-state index contributed by atoms with van der Waals surface area (Å²) in [6.07, 6.45) is 9.69. The first-order chi connectivity index (χ1) is 12.1. The van der Waals surface area contributed by atoms with Gasteiger partial charge in [-0.05, 0) is 0 Å². The van der Waals surface area contributed by atoms with E-state index in [-0.39, 0.29) is 11.9 Å². The van der Waals surface area contributed by atoms with Crippen LogP contribution in [0, 0.1) is 0 Å². The average molecular weight is 461 g/mol. The first-order valence-electron chi connectivity index (χ1n) is 10.2. The topological polar surface area (TPSA) is 52.6 Å². The number of esters is 2. The molecule has 0 spiro atoms. The first-order valence-corrected chi connectivity index (χ1v) is 16.5. The summed E-state index contributed by atoms with van der Waals surface area (Å²) in [4.78, 5) is 24.7. The molecule has 0 aromatic heterocycles. The molecule has 5 heteroatoms. The fourth-order valence-corrected chi connectivity index (χ4v) is 12.6. The van der Waals surface area contributed by atoms with Gasteiger partial charge in [-0.3, -0.25) is 0 Å². The SMILES string of the molecule is CCCCOC(=O)/C=[C](\C(=O)OCCCC)[SnH]([CH2]CCC)[CH2]CCC. The van der Waals surface area contributed by atoms with Gasteiger partial charge in [0, 0.05) is 0 Å². The second kappa shape index (κ2) is 16.9. The molecule has 0 N–H and O–H groups in total. The molecule has 0 rings (SSSR count). The summed E-state index contributed by atoms with van der Waals surface area (Å²) in [5.74, 6) is -0.625. The van der Waals surface area contributed by atoms with Crippen LogP contribution in [0.2, 0.25) is 8.87 Å². The zero-order valence-electron chi connectivity index (χ0n) is 16.8. The van der Waals surface area contributed by atoms with E-state index in [4.69, 9.17) is 9.47 Å². The third-order valence-corrected chi connectivity index (χ3v) is 14.2. The Kier molecular flexibility index (Phi) is 16.6. The molecule has 0 radical (unpaired) electrons. The van der Waals surface area contributed by atoms with E-state index in [1.807, 2.05) is 0 Å². The van der Waals surface area contributed by atoms with E-state index < -0.39 is 19.8 Å². The van der Waals surface area contributed by atoms with E-state index in [1.54, 1.807) is 0 Å². The summed E-state index contributed by atoms with van der Waals surface area (Å²) in [6, 6.07) is 0. The van der Waals surface area contributed by atoms with Crippen LogP contribution in [-0.2, 0) is 19.1 Å². The number of carbonyl (C=O) groups excluding carboxylic acids is 2. The van der Waals surface area contributed by atoms with Gasteiger partial charge in [-0.2, -0.15) is 0 Å². The molecule has 0 heterocycles. The van der Waals surface area contributed by atoms with E-state index >= 15 is 0 Å². The standard InChI is InChI=1S/C12H19O4.2C4H9.Sn.H/c1-3-5-9-15-11(13)7-8-12(14)16-10-6-4-2;2*1-3-4-2;;/h7H,3-6,9-10H2,1-2H3;2*1,3-4H2,2H3;;. The molecule has 0 aromatic carbocycles. The van der Waals surface area contributed by atoms with Crippen LogP contribution in [-0.4, -0.2) is 44.9 Å². The molecule has 0 aliphatic carbocycles. The molecule has 0 saturated carbocycles. The third-order valence-electron chi connectivity index (χ3n) is 4.23. The molecule has 4 nitrogen and oxygen atoms in total. The second-order valence-electron chi connectivity index (χ2n) is 6.59. The van der Waals surface area contributed by atoms with Gasteiger partial charge in [-0.1, -0.05) is 0 Å². The number of carbonyl (C=O) groups is 2. The van der Waals surface area contributed by atoms with E-state index in [2.05, 4.69) is 27.7 Å². The predicted octanol–water partition coefficient (Wildman–Crippen LogP) is 4.97. The number of unbranched alkanes of at least 4 members (excludes halogenated alkanes) is 4. The Labute approximate surface area is 161 Å². The van der Waals surface area contributed by atoms with Crippen molar-refractivity contribution in [2.45, 2.75) is 87.9 Å². The Bertz CT molecular complexity index is 385. The Morgan fingerprint density at radius 2 is 1.24 bits per heavy atom. The van der Waals surface area contributed by atoms with Gasteiger partial charge in [0.1, 0.15) is 0 Å². The molecule has 0 bridgehead atoms. The van der Waals surface area contributed by atoms with Gasteiger partial charge in [0.05, 0.1) is 0 Å². The van der Waals surface area contributed by atoms with Crippen LogP contribution in [0.4, 0.5) is 0 Å². The van der Waals surface area contributed by atoms with E-state index in [1.165, 1.54) is 6.08 Å². The average Bonchev–Trinajstić information content (AvgIpc) is 2.60. The van der Waals surface area contributed by atoms with E-state index in [9.17, 15) is 9.59 Å². The van der Waals surface area contributed by atoms with Gasteiger partial charge in [0.15, 0.2) is 0 Å². The van der Waals surface area contributed by atoms with Crippen molar-refractivity contribution in [2.24, 2.45) is 0 Å². The Morgan fingerprint density at radius 1 is 0.760 bits per heavy atom. The van der Waals surface area contributed by atoms with E-state index in [0.29, 0.717) is 16.8 Å². The van der Waals surface area contributed by atoms with Crippen molar-refractivity contribution >= 4 is 31.7 Å². The van der Waals surface area contributed by atoms with Gasteiger partial charge < -0.3 is 0 Å². The normalized spacial score (nSPS) is 11.6. The fraction of sp³-hybridized carbons (Fsp3) is 0.800. The minimum atomic E-state index is -2.31.